The zero-order valence-electron chi connectivity index (χ0n) is 37.4. The third kappa shape index (κ3) is 8.06. The van der Waals surface area contributed by atoms with E-state index in [1.54, 1.807) is 74.5 Å². The van der Waals surface area contributed by atoms with Gasteiger partial charge in [0.15, 0.2) is 0 Å². The molecule has 15 heteroatoms. The second-order valence-electron chi connectivity index (χ2n) is 17.4. The van der Waals surface area contributed by atoms with Gasteiger partial charge in [0.1, 0.15) is 36.0 Å². The molecule has 3 fully saturated rings. The number of aliphatic hydroxyl groups excluding tert-OH is 1. The normalized spacial score (nSPS) is 23.9. The number of benzene rings is 5. The van der Waals surface area contributed by atoms with Crippen LogP contribution in [-0.2, 0) is 38.8 Å². The summed E-state index contributed by atoms with van der Waals surface area (Å²) >= 11 is 0. The van der Waals surface area contributed by atoms with E-state index in [0.29, 0.717) is 54.4 Å². The number of amides is 4. The molecule has 5 aromatic rings. The van der Waals surface area contributed by atoms with Crippen molar-refractivity contribution in [3.8, 4) is 5.75 Å². The van der Waals surface area contributed by atoms with Crippen LogP contribution in [0.3, 0.4) is 0 Å². The lowest BCUT2D eigenvalue weighted by Gasteiger charge is -2.46. The number of imide groups is 1. The van der Waals surface area contributed by atoms with Crippen LogP contribution in [0.5, 0.6) is 5.75 Å². The van der Waals surface area contributed by atoms with Gasteiger partial charge in [-0.25, -0.2) is 14.5 Å². The first-order valence-corrected chi connectivity index (χ1v) is 22.6. The SMILES string of the molecule is COC(=O)[C@@H](NC(=O)N1C(=O)[C@@]2(c3ccccc31)[C@H](C(=O)Nc1ccc(N3CCOCC3)cc1)[C@H]1C(=O)O[C@H](c3ccccc3)[C@H](c3ccccc3)N1[C@@H]2c1ccc(OCCO)cc1)C(C)C. The molecule has 0 saturated carbocycles. The molecular formula is C52H53N5O10. The predicted molar refractivity (Wildman–Crippen MR) is 248 cm³/mol. The zero-order chi connectivity index (χ0) is 46.8. The minimum Gasteiger partial charge on any atom is -0.491 e. The van der Waals surface area contributed by atoms with E-state index in [0.717, 1.165) is 16.2 Å². The number of methoxy groups -OCH3 is 1. The Balaban J connectivity index is 1.28. The number of fused-ring (bicyclic) bond motifs is 3. The number of carbonyl (C=O) groups is 5. The Kier molecular flexibility index (Phi) is 12.8. The Labute approximate surface area is 388 Å². The van der Waals surface area contributed by atoms with E-state index in [-0.39, 0.29) is 18.9 Å². The van der Waals surface area contributed by atoms with Gasteiger partial charge < -0.3 is 39.6 Å². The number of carbonyl (C=O) groups excluding carboxylic acids is 5. The number of morpholine rings is 2. The fraction of sp³-hybridized carbons (Fsp3) is 0.327. The standard InChI is InChI=1S/C52H53N5O10/c1-32(2)42(48(60)64-3)54-51(63)56-40-17-11-10-16-39(40)52(50(56)62)41(47(59)53-36-20-22-37(23-21-36)55-26-29-65-30-27-55)44-49(61)67-45(34-14-8-5-9-15-34)43(33-12-6-4-7-13-33)57(44)46(52)35-18-24-38(25-19-35)66-31-28-58/h4-25,32,41-46,58H,26-31H2,1-3H3,(H,53,59)(H,54,63)/t41-,42-,43-,44-,45+,46+,52-/m0/s1. The van der Waals surface area contributed by atoms with Crippen molar-refractivity contribution >= 4 is 46.8 Å². The van der Waals surface area contributed by atoms with Gasteiger partial charge >= 0.3 is 18.0 Å². The van der Waals surface area contributed by atoms with E-state index in [4.69, 9.17) is 18.9 Å². The summed E-state index contributed by atoms with van der Waals surface area (Å²) in [4.78, 5) is 80.5. The molecule has 7 atom stereocenters. The summed E-state index contributed by atoms with van der Waals surface area (Å²) in [5.74, 6) is -4.37. The molecule has 1 spiro atoms. The fourth-order valence-corrected chi connectivity index (χ4v) is 10.4. The molecule has 4 amide bonds. The van der Waals surface area contributed by atoms with Crippen molar-refractivity contribution in [2.45, 2.75) is 49.5 Å². The number of aliphatic hydroxyl groups is 1. The Morgan fingerprint density at radius 2 is 1.43 bits per heavy atom. The molecule has 4 heterocycles. The van der Waals surface area contributed by atoms with Gasteiger partial charge in [0.25, 0.3) is 0 Å². The summed E-state index contributed by atoms with van der Waals surface area (Å²) in [5.41, 5.74) is 1.86. The van der Waals surface area contributed by atoms with Crippen molar-refractivity contribution in [2.75, 3.05) is 61.7 Å². The second kappa shape index (κ2) is 19.0. The van der Waals surface area contributed by atoms with Crippen LogP contribution in [0, 0.1) is 11.8 Å². The molecule has 0 aliphatic carbocycles. The number of rotatable bonds is 12. The highest BCUT2D eigenvalue weighted by molar-refractivity contribution is 6.25. The topological polar surface area (TPSA) is 176 Å². The molecule has 0 unspecified atom stereocenters. The van der Waals surface area contributed by atoms with E-state index in [9.17, 15) is 14.7 Å². The molecule has 9 rings (SSSR count). The second-order valence-corrected chi connectivity index (χ2v) is 17.4. The summed E-state index contributed by atoms with van der Waals surface area (Å²) in [5, 5.41) is 15.4. The first kappa shape index (κ1) is 45.1. The van der Waals surface area contributed by atoms with Crippen LogP contribution < -0.4 is 25.2 Å². The van der Waals surface area contributed by atoms with Gasteiger partial charge in [-0.15, -0.1) is 0 Å². The van der Waals surface area contributed by atoms with Crippen LogP contribution in [0.4, 0.5) is 21.9 Å². The number of nitrogens with zero attached hydrogens (tertiary/aromatic N) is 3. The number of ether oxygens (including phenoxy) is 4. The molecule has 4 aliphatic rings. The van der Waals surface area contributed by atoms with Crippen molar-refractivity contribution in [1.29, 1.82) is 0 Å². The third-order valence-corrected chi connectivity index (χ3v) is 13.3. The monoisotopic (exact) mass is 907 g/mol. The number of cyclic esters (lactones) is 1. The summed E-state index contributed by atoms with van der Waals surface area (Å²) in [6.07, 6.45) is -0.911. The number of urea groups is 1. The van der Waals surface area contributed by atoms with Crippen molar-refractivity contribution < 1.29 is 48.0 Å². The number of anilines is 3. The molecular weight excluding hydrogens is 855 g/mol. The third-order valence-electron chi connectivity index (χ3n) is 13.3. The highest BCUT2D eigenvalue weighted by atomic mass is 16.6. The largest absolute Gasteiger partial charge is 0.491 e. The summed E-state index contributed by atoms with van der Waals surface area (Å²) in [6, 6.07) is 34.7. The van der Waals surface area contributed by atoms with Gasteiger partial charge in [-0.2, -0.15) is 0 Å². The molecule has 4 aliphatic heterocycles. The number of hydrogen-bond donors (Lipinski definition) is 3. The highest BCUT2D eigenvalue weighted by Crippen LogP contribution is 2.66. The molecule has 0 bridgehead atoms. The lowest BCUT2D eigenvalue weighted by atomic mass is 9.65. The van der Waals surface area contributed by atoms with Gasteiger partial charge in [-0.05, 0) is 70.6 Å². The van der Waals surface area contributed by atoms with Crippen molar-refractivity contribution in [2.24, 2.45) is 11.8 Å². The predicted octanol–water partition coefficient (Wildman–Crippen LogP) is 6.11. The maximum absolute atomic E-state index is 16.4. The highest BCUT2D eigenvalue weighted by Gasteiger charge is 2.75. The molecule has 15 nitrogen and oxygen atoms in total. The maximum Gasteiger partial charge on any atom is 0.329 e. The fourth-order valence-electron chi connectivity index (χ4n) is 10.4. The number of hydrogen-bond acceptors (Lipinski definition) is 12. The van der Waals surface area contributed by atoms with Crippen molar-refractivity contribution in [3.63, 3.8) is 0 Å². The Morgan fingerprint density at radius 1 is 0.791 bits per heavy atom. The summed E-state index contributed by atoms with van der Waals surface area (Å²) in [7, 11) is 1.22. The quantitative estimate of drug-likeness (QED) is 0.123. The van der Waals surface area contributed by atoms with E-state index in [1.807, 2.05) is 77.7 Å². The van der Waals surface area contributed by atoms with Gasteiger partial charge in [-0.3, -0.25) is 19.3 Å². The number of nitrogens with one attached hydrogen (secondary N) is 2. The first-order chi connectivity index (χ1) is 32.6. The molecule has 346 valence electrons. The van der Waals surface area contributed by atoms with E-state index in [1.165, 1.54) is 7.11 Å². The molecule has 67 heavy (non-hydrogen) atoms. The van der Waals surface area contributed by atoms with E-state index >= 15 is 14.4 Å². The van der Waals surface area contributed by atoms with Gasteiger partial charge in [0.05, 0.1) is 50.6 Å². The van der Waals surface area contributed by atoms with Gasteiger partial charge in [0.2, 0.25) is 11.8 Å². The number of para-hydroxylation sites is 1. The van der Waals surface area contributed by atoms with E-state index < -0.39 is 77.3 Å². The average molecular weight is 908 g/mol. The van der Waals surface area contributed by atoms with Crippen LogP contribution in [0.15, 0.2) is 133 Å². The van der Waals surface area contributed by atoms with Gasteiger partial charge in [0, 0.05) is 24.5 Å². The molecule has 0 radical (unpaired) electrons. The van der Waals surface area contributed by atoms with Crippen LogP contribution >= 0.6 is 0 Å². The van der Waals surface area contributed by atoms with Crippen LogP contribution in [0.25, 0.3) is 0 Å². The van der Waals surface area contributed by atoms with E-state index in [2.05, 4.69) is 15.5 Å². The van der Waals surface area contributed by atoms with Crippen LogP contribution in [0.2, 0.25) is 0 Å². The molecule has 3 saturated heterocycles. The first-order valence-electron chi connectivity index (χ1n) is 22.6. The Bertz CT molecular complexity index is 2610. The Hall–Kier alpha value is -7.07. The molecule has 3 N–H and O–H groups in total. The van der Waals surface area contributed by atoms with Gasteiger partial charge in [-0.1, -0.05) is 105 Å². The minimum atomic E-state index is -2.00. The van der Waals surface area contributed by atoms with Crippen molar-refractivity contribution in [3.05, 3.63) is 156 Å². The number of esters is 2. The summed E-state index contributed by atoms with van der Waals surface area (Å²) < 4.78 is 23.0. The summed E-state index contributed by atoms with van der Waals surface area (Å²) in [6.45, 7) is 5.92. The smallest absolute Gasteiger partial charge is 0.329 e. The Morgan fingerprint density at radius 3 is 2.07 bits per heavy atom. The maximum atomic E-state index is 16.4. The molecule has 0 aromatic heterocycles. The van der Waals surface area contributed by atoms with Crippen LogP contribution in [-0.4, -0.2) is 98.5 Å². The average Bonchev–Trinajstić information content (AvgIpc) is 3.82. The van der Waals surface area contributed by atoms with Crippen molar-refractivity contribution in [1.82, 2.24) is 10.2 Å². The van der Waals surface area contributed by atoms with Crippen LogP contribution in [0.1, 0.15) is 54.3 Å². The minimum absolute atomic E-state index is 0.0378. The lowest BCUT2D eigenvalue weighted by Crippen LogP contribution is -2.57. The molecule has 5 aromatic carbocycles. The zero-order valence-corrected chi connectivity index (χ0v) is 37.4. The lowest BCUT2D eigenvalue weighted by molar-refractivity contribution is -0.177.